The van der Waals surface area contributed by atoms with Crippen LogP contribution in [0.5, 0.6) is 0 Å². The average Bonchev–Trinajstić information content (AvgIpc) is 2.81. The van der Waals surface area contributed by atoms with Crippen molar-refractivity contribution >= 4 is 11.8 Å². The Morgan fingerprint density at radius 2 is 1.41 bits per heavy atom. The molecule has 1 N–H and O–H groups in total. The third-order valence-electron chi connectivity index (χ3n) is 6.03. The van der Waals surface area contributed by atoms with Gasteiger partial charge in [-0.3, -0.25) is 9.59 Å². The van der Waals surface area contributed by atoms with Crippen LogP contribution in [0.15, 0.2) is 0 Å². The van der Waals surface area contributed by atoms with Crippen molar-refractivity contribution in [3.8, 4) is 0 Å². The van der Waals surface area contributed by atoms with Gasteiger partial charge in [0, 0.05) is 19.6 Å². The summed E-state index contributed by atoms with van der Waals surface area (Å²) in [6.45, 7) is 10.8. The summed E-state index contributed by atoms with van der Waals surface area (Å²) in [6, 6.07) is 0. The fourth-order valence-electron chi connectivity index (χ4n) is 4.08. The highest BCUT2D eigenvalue weighted by atomic mass is 16.5. The molecule has 1 atom stereocenters. The SMILES string of the molecule is CC.CCCCCCCCCCCCNC(=O)COC1CCCN(CCCCCC)C1=O. The molecule has 0 aromatic carbocycles. The standard InChI is InChI=1S/C25H48N2O3.C2H6/c1-3-5-7-9-10-11-12-13-14-15-19-26-24(28)22-30-23-18-17-21-27(25(23)29)20-16-8-6-4-2;1-2/h23H,3-22H2,1-2H3,(H,26,28);1-2H3. The molecular weight excluding hydrogens is 400 g/mol. The van der Waals surface area contributed by atoms with Crippen molar-refractivity contribution in [3.05, 3.63) is 0 Å². The van der Waals surface area contributed by atoms with Crippen LogP contribution in [0.25, 0.3) is 0 Å². The lowest BCUT2D eigenvalue weighted by Gasteiger charge is -2.32. The topological polar surface area (TPSA) is 58.6 Å². The Kier molecular flexibility index (Phi) is 22.3. The maximum Gasteiger partial charge on any atom is 0.251 e. The number of nitrogens with one attached hydrogen (secondary N) is 1. The van der Waals surface area contributed by atoms with Crippen molar-refractivity contribution in [1.29, 1.82) is 0 Å². The molecule has 0 spiro atoms. The number of hydrogen-bond acceptors (Lipinski definition) is 3. The molecule has 5 nitrogen and oxygen atoms in total. The van der Waals surface area contributed by atoms with Gasteiger partial charge in [0.2, 0.25) is 5.91 Å². The van der Waals surface area contributed by atoms with Gasteiger partial charge >= 0.3 is 0 Å². The van der Waals surface area contributed by atoms with E-state index in [9.17, 15) is 9.59 Å². The number of nitrogens with zero attached hydrogens (tertiary/aromatic N) is 1. The van der Waals surface area contributed by atoms with Crippen molar-refractivity contribution in [1.82, 2.24) is 10.2 Å². The monoisotopic (exact) mass is 454 g/mol. The second kappa shape index (κ2) is 23.1. The molecule has 190 valence electrons. The summed E-state index contributed by atoms with van der Waals surface area (Å²) in [7, 11) is 0. The zero-order chi connectivity index (χ0) is 23.9. The molecule has 1 heterocycles. The number of carbonyl (C=O) groups is 2. The highest BCUT2D eigenvalue weighted by Crippen LogP contribution is 2.16. The summed E-state index contributed by atoms with van der Waals surface area (Å²) in [5.41, 5.74) is 0. The third kappa shape index (κ3) is 16.5. The maximum absolute atomic E-state index is 12.5. The molecule has 1 aliphatic heterocycles. The number of rotatable bonds is 19. The van der Waals surface area contributed by atoms with Gasteiger partial charge in [0.1, 0.15) is 12.7 Å². The first-order chi connectivity index (χ1) is 15.7. The van der Waals surface area contributed by atoms with Crippen LogP contribution >= 0.6 is 0 Å². The predicted molar refractivity (Wildman–Crippen MR) is 136 cm³/mol. The highest BCUT2D eigenvalue weighted by Gasteiger charge is 2.29. The summed E-state index contributed by atoms with van der Waals surface area (Å²) < 4.78 is 5.66. The molecule has 0 aromatic rings. The van der Waals surface area contributed by atoms with Gasteiger partial charge in [-0.2, -0.15) is 0 Å². The molecule has 1 rings (SSSR count). The van der Waals surface area contributed by atoms with E-state index in [1.807, 2.05) is 18.7 Å². The van der Waals surface area contributed by atoms with Crippen molar-refractivity contribution in [3.63, 3.8) is 0 Å². The average molecular weight is 455 g/mol. The van der Waals surface area contributed by atoms with E-state index in [0.717, 1.165) is 38.8 Å². The van der Waals surface area contributed by atoms with Crippen molar-refractivity contribution in [2.75, 3.05) is 26.2 Å². The van der Waals surface area contributed by atoms with Gasteiger partial charge in [0.05, 0.1) is 0 Å². The van der Waals surface area contributed by atoms with E-state index in [2.05, 4.69) is 19.2 Å². The first kappa shape index (κ1) is 30.9. The Balaban J connectivity index is 0.00000466. The van der Waals surface area contributed by atoms with E-state index in [4.69, 9.17) is 4.74 Å². The fourth-order valence-corrected chi connectivity index (χ4v) is 4.08. The summed E-state index contributed by atoms with van der Waals surface area (Å²) in [5, 5.41) is 2.93. The van der Waals surface area contributed by atoms with Gasteiger partial charge < -0.3 is 15.0 Å². The molecular formula is C27H54N2O3. The lowest BCUT2D eigenvalue weighted by molar-refractivity contribution is -0.150. The quantitative estimate of drug-likeness (QED) is 0.223. The molecule has 1 unspecified atom stereocenters. The Hall–Kier alpha value is -1.10. The normalized spacial score (nSPS) is 15.9. The van der Waals surface area contributed by atoms with Gasteiger partial charge in [-0.05, 0) is 25.7 Å². The molecule has 32 heavy (non-hydrogen) atoms. The zero-order valence-corrected chi connectivity index (χ0v) is 21.9. The Morgan fingerprint density at radius 3 is 2.00 bits per heavy atom. The Labute approximate surface area is 199 Å². The molecule has 1 fully saturated rings. The minimum absolute atomic E-state index is 0.00214. The molecule has 0 saturated carbocycles. The minimum Gasteiger partial charge on any atom is -0.359 e. The van der Waals surface area contributed by atoms with Crippen molar-refractivity contribution in [2.45, 2.75) is 137 Å². The predicted octanol–water partition coefficient (Wildman–Crippen LogP) is 6.64. The van der Waals surface area contributed by atoms with Crippen molar-refractivity contribution in [2.24, 2.45) is 0 Å². The highest BCUT2D eigenvalue weighted by molar-refractivity contribution is 5.82. The van der Waals surface area contributed by atoms with E-state index in [1.165, 1.54) is 77.0 Å². The second-order valence-electron chi connectivity index (χ2n) is 8.86. The number of likely N-dealkylation sites (tertiary alicyclic amines) is 1. The third-order valence-corrected chi connectivity index (χ3v) is 6.03. The van der Waals surface area contributed by atoms with Crippen LogP contribution in [-0.2, 0) is 14.3 Å². The van der Waals surface area contributed by atoms with Crippen LogP contribution in [-0.4, -0.2) is 49.1 Å². The van der Waals surface area contributed by atoms with E-state index in [1.54, 1.807) is 0 Å². The van der Waals surface area contributed by atoms with Gasteiger partial charge in [-0.15, -0.1) is 0 Å². The molecule has 0 aliphatic carbocycles. The van der Waals surface area contributed by atoms with Crippen LogP contribution in [0, 0.1) is 0 Å². The maximum atomic E-state index is 12.5. The molecule has 0 aromatic heterocycles. The number of hydrogen-bond donors (Lipinski definition) is 1. The number of ether oxygens (including phenoxy) is 1. The molecule has 1 aliphatic rings. The van der Waals surface area contributed by atoms with E-state index < -0.39 is 6.10 Å². The molecule has 0 bridgehead atoms. The van der Waals surface area contributed by atoms with Gasteiger partial charge in [-0.25, -0.2) is 0 Å². The summed E-state index contributed by atoms with van der Waals surface area (Å²) >= 11 is 0. The van der Waals surface area contributed by atoms with Crippen molar-refractivity contribution < 1.29 is 14.3 Å². The lowest BCUT2D eigenvalue weighted by Crippen LogP contribution is -2.46. The molecule has 2 amide bonds. The van der Waals surface area contributed by atoms with Crippen LogP contribution < -0.4 is 5.32 Å². The van der Waals surface area contributed by atoms with E-state index in [0.29, 0.717) is 6.54 Å². The summed E-state index contributed by atoms with van der Waals surface area (Å²) in [4.78, 5) is 26.5. The molecule has 1 saturated heterocycles. The summed E-state index contributed by atoms with van der Waals surface area (Å²) in [6.07, 6.45) is 18.8. The fraction of sp³-hybridized carbons (Fsp3) is 0.926. The lowest BCUT2D eigenvalue weighted by atomic mass is 10.1. The first-order valence-electron chi connectivity index (χ1n) is 13.9. The first-order valence-corrected chi connectivity index (χ1v) is 13.9. The largest absolute Gasteiger partial charge is 0.359 e. The number of amides is 2. The Bertz CT molecular complexity index is 443. The zero-order valence-electron chi connectivity index (χ0n) is 21.9. The summed E-state index contributed by atoms with van der Waals surface area (Å²) in [5.74, 6) is -0.0287. The minimum atomic E-state index is -0.437. The van der Waals surface area contributed by atoms with Gasteiger partial charge in [-0.1, -0.05) is 105 Å². The molecule has 5 heteroatoms. The number of unbranched alkanes of at least 4 members (excludes halogenated alkanes) is 12. The van der Waals surface area contributed by atoms with Gasteiger partial charge in [0.25, 0.3) is 5.91 Å². The Morgan fingerprint density at radius 1 is 0.875 bits per heavy atom. The van der Waals surface area contributed by atoms with E-state index >= 15 is 0 Å². The second-order valence-corrected chi connectivity index (χ2v) is 8.86. The van der Waals surface area contributed by atoms with Gasteiger partial charge in [0.15, 0.2) is 0 Å². The van der Waals surface area contributed by atoms with Crippen LogP contribution in [0.2, 0.25) is 0 Å². The van der Waals surface area contributed by atoms with E-state index in [-0.39, 0.29) is 18.4 Å². The smallest absolute Gasteiger partial charge is 0.251 e. The molecule has 0 radical (unpaired) electrons. The van der Waals surface area contributed by atoms with Crippen LogP contribution in [0.1, 0.15) is 130 Å². The van der Waals surface area contributed by atoms with Crippen LogP contribution in [0.3, 0.4) is 0 Å². The van der Waals surface area contributed by atoms with Crippen LogP contribution in [0.4, 0.5) is 0 Å². The number of carbonyl (C=O) groups excluding carboxylic acids is 2. The number of piperidine rings is 1.